The maximum atomic E-state index is 0. The van der Waals surface area contributed by atoms with Gasteiger partial charge >= 0.3 is 160 Å². The van der Waals surface area contributed by atoms with Crippen LogP contribution in [0.25, 0.3) is 0 Å². The molecule has 0 aliphatic carbocycles. The van der Waals surface area contributed by atoms with Gasteiger partial charge in [-0.25, -0.2) is 0 Å². The van der Waals surface area contributed by atoms with Crippen LogP contribution in [0.3, 0.4) is 0 Å². The van der Waals surface area contributed by atoms with E-state index in [1.807, 2.05) is 0 Å². The predicted molar refractivity (Wildman–Crippen MR) is 116 cm³/mol. The molecule has 0 spiro atoms. The molecule has 0 saturated carbocycles. The molecule has 0 fully saturated rings. The van der Waals surface area contributed by atoms with Gasteiger partial charge in [-0.05, 0) is 0 Å². The van der Waals surface area contributed by atoms with Gasteiger partial charge in [0.2, 0.25) is 0 Å². The minimum absolute atomic E-state index is 0. The van der Waals surface area contributed by atoms with Gasteiger partial charge in [0.1, 0.15) is 0 Å². The van der Waals surface area contributed by atoms with Gasteiger partial charge in [-0.1, -0.05) is 0 Å². The minimum atomic E-state index is 0. The summed E-state index contributed by atoms with van der Waals surface area (Å²) in [5.74, 6) is 0. The topological polar surface area (TPSA) is 0 Å². The molecule has 0 bridgehead atoms. The fourth-order valence-corrected chi connectivity index (χ4v) is 0. The Morgan fingerprint density at radius 3 is 0.263 bits per heavy atom. The number of hydrogen-bond donors (Lipinski definition) is 0. The van der Waals surface area contributed by atoms with Crippen molar-refractivity contribution in [1.29, 1.82) is 0 Å². The summed E-state index contributed by atoms with van der Waals surface area (Å²) in [6.45, 7) is 0. The Bertz CT molecular complexity index is 34.7. The third-order valence-electron chi connectivity index (χ3n) is 0. The van der Waals surface area contributed by atoms with Crippen molar-refractivity contribution in [2.75, 3.05) is 0 Å². The van der Waals surface area contributed by atoms with Crippen LogP contribution >= 0.6 is 0 Å². The molecule has 0 rings (SSSR count). The van der Waals surface area contributed by atoms with Gasteiger partial charge in [0.15, 0.2) is 0 Å². The van der Waals surface area contributed by atoms with E-state index in [9.17, 15) is 0 Å². The van der Waals surface area contributed by atoms with E-state index < -0.39 is 0 Å². The first-order valence-corrected chi connectivity index (χ1v) is 0. The smallest absolute Gasteiger partial charge is 2.00 e. The van der Waals surface area contributed by atoms with Crippen molar-refractivity contribution in [1.82, 2.24) is 0 Å². The zero-order valence-electron chi connectivity index (χ0n) is 8.56. The summed E-state index contributed by atoms with van der Waals surface area (Å²) in [4.78, 5) is 0. The summed E-state index contributed by atoms with van der Waals surface area (Å²) in [6.07, 6.45) is 0. The van der Waals surface area contributed by atoms with E-state index >= 15 is 0 Å². The standard InChI is InChI=1S/2Al.2Cu.2Ga.2In.11S/q2*+3;2*+2;4*+3;11*-2. The van der Waals surface area contributed by atoms with Crippen LogP contribution in [0, 0.1) is 0 Å². The zero-order chi connectivity index (χ0) is 0. The van der Waals surface area contributed by atoms with Gasteiger partial charge in [-0.15, -0.1) is 0 Å². The molecule has 0 saturated heterocycles. The first kappa shape index (κ1) is 253. The van der Waals surface area contributed by atoms with Gasteiger partial charge in [0.05, 0.1) is 0 Å². The average Bonchev–Trinajstić information content (AvgIpc) is 0. The van der Waals surface area contributed by atoms with Crippen LogP contribution in [0.5, 0.6) is 0 Å². The molecule has 0 amide bonds. The van der Waals surface area contributed by atoms with Crippen molar-refractivity contribution in [3.05, 3.63) is 0 Å². The van der Waals surface area contributed by atoms with E-state index in [-0.39, 0.29) is 309 Å². The van der Waals surface area contributed by atoms with Crippen LogP contribution in [0.4, 0.5) is 0 Å². The number of rotatable bonds is 0. The molecular formula is Al2Cu2Ga2In2S11. The normalized spacial score (nSPS) is 0. The molecule has 0 heterocycles. The van der Waals surface area contributed by atoms with Crippen LogP contribution in [0.1, 0.15) is 0 Å². The Morgan fingerprint density at radius 2 is 0.263 bits per heavy atom. The Kier molecular flexibility index (Phi) is 3010. The van der Waals surface area contributed by atoms with Gasteiger partial charge in [0.25, 0.3) is 0 Å². The fraction of sp³-hybridized carbons (Fsp3) is 0. The second-order valence-electron chi connectivity index (χ2n) is 0. The summed E-state index contributed by atoms with van der Waals surface area (Å²) in [7, 11) is 0. The monoisotopic (exact) mass is 899 g/mol. The van der Waals surface area contributed by atoms with Crippen LogP contribution in [-0.2, 0) is 183 Å². The second-order valence-corrected chi connectivity index (χ2v) is 0. The van der Waals surface area contributed by atoms with E-state index in [1.165, 1.54) is 0 Å². The Balaban J connectivity index is 0. The maximum absolute atomic E-state index is 0. The van der Waals surface area contributed by atoms with E-state index in [1.54, 1.807) is 0 Å². The van der Waals surface area contributed by atoms with E-state index in [4.69, 9.17) is 0 Å². The molecule has 19 heavy (non-hydrogen) atoms. The van der Waals surface area contributed by atoms with Crippen molar-refractivity contribution in [3.63, 3.8) is 0 Å². The summed E-state index contributed by atoms with van der Waals surface area (Å²) in [5.41, 5.74) is 0. The van der Waals surface area contributed by atoms with E-state index in [0.717, 1.165) is 0 Å². The van der Waals surface area contributed by atoms with Gasteiger partial charge in [-0.3, -0.25) is 0 Å². The largest absolute Gasteiger partial charge is 3.00 e. The molecule has 0 atom stereocenters. The molecular weight excluding hydrogens is 903 g/mol. The van der Waals surface area contributed by atoms with Crippen molar-refractivity contribution >= 4 is 274 Å². The third-order valence-corrected chi connectivity index (χ3v) is 0. The van der Waals surface area contributed by atoms with E-state index in [2.05, 4.69) is 0 Å². The predicted octanol–water partition coefficient (Wildman–Crippen LogP) is -2.32. The number of hydrogen-bond acceptors (Lipinski definition) is 0. The quantitative estimate of drug-likeness (QED) is 0.240. The molecule has 0 N–H and O–H groups in total. The minimum Gasteiger partial charge on any atom is -2.00 e. The summed E-state index contributed by atoms with van der Waals surface area (Å²) < 4.78 is 0. The summed E-state index contributed by atoms with van der Waals surface area (Å²) in [5, 5.41) is 0. The second kappa shape index (κ2) is 226. The van der Waals surface area contributed by atoms with Gasteiger partial charge in [-0.2, -0.15) is 0 Å². The van der Waals surface area contributed by atoms with Gasteiger partial charge in [0, 0.05) is 0 Å². The molecule has 0 nitrogen and oxygen atoms in total. The molecule has 0 aliphatic rings. The molecule has 0 aromatic carbocycles. The van der Waals surface area contributed by atoms with Gasteiger partial charge < -0.3 is 148 Å². The zero-order valence-corrected chi connectivity index (χ0v) is 33.2. The molecule has 2 radical (unpaired) electrons. The average molecular weight is 903 g/mol. The molecule has 0 unspecified atom stereocenters. The first-order chi connectivity index (χ1) is 0. The molecule has 0 aromatic heterocycles. The first-order valence-electron chi connectivity index (χ1n) is 0. The Morgan fingerprint density at radius 1 is 0.263 bits per heavy atom. The summed E-state index contributed by atoms with van der Waals surface area (Å²) in [6, 6.07) is 0. The van der Waals surface area contributed by atoms with Crippen molar-refractivity contribution in [2.45, 2.75) is 0 Å². The van der Waals surface area contributed by atoms with Crippen LogP contribution in [0.15, 0.2) is 0 Å². The Hall–Kier alpha value is 8.97. The van der Waals surface area contributed by atoms with Crippen LogP contribution in [0.2, 0.25) is 0 Å². The van der Waals surface area contributed by atoms with Crippen molar-refractivity contribution in [3.8, 4) is 0 Å². The Labute approximate surface area is 302 Å². The van der Waals surface area contributed by atoms with E-state index in [0.29, 0.717) is 0 Å². The van der Waals surface area contributed by atoms with Crippen molar-refractivity contribution in [2.24, 2.45) is 0 Å². The molecule has 0 aliphatic heterocycles. The summed E-state index contributed by atoms with van der Waals surface area (Å²) >= 11 is 0. The maximum Gasteiger partial charge on any atom is 3.00 e. The third kappa shape index (κ3) is 209. The van der Waals surface area contributed by atoms with Crippen molar-refractivity contribution < 1.29 is 34.1 Å². The fourth-order valence-electron chi connectivity index (χ4n) is 0. The molecule has 0 aromatic rings. The van der Waals surface area contributed by atoms with Crippen LogP contribution < -0.4 is 0 Å². The SMILES string of the molecule is [Al+3].[Al+3].[Cu+2].[Cu+2].[Ga+3].[Ga+3].[In+3].[In+3].[S-2].[S-2].[S-2].[S-2].[S-2].[S-2].[S-2].[S-2].[S-2].[S-2].[S-2]. The van der Waals surface area contributed by atoms with Crippen LogP contribution in [-0.4, -0.2) is 126 Å². The molecule has 106 valence electrons. The molecule has 19 heteroatoms.